The molecule has 0 saturated carbocycles. The van der Waals surface area contributed by atoms with Gasteiger partial charge < -0.3 is 10.6 Å². The molecule has 2 heterocycles. The lowest BCUT2D eigenvalue weighted by molar-refractivity contribution is 0.0924. The quantitative estimate of drug-likeness (QED) is 0.795. The van der Waals surface area contributed by atoms with Gasteiger partial charge in [-0.15, -0.1) is 12.4 Å². The summed E-state index contributed by atoms with van der Waals surface area (Å²) in [6.45, 7) is 4.02. The van der Waals surface area contributed by atoms with Crippen LogP contribution >= 0.6 is 12.4 Å². The van der Waals surface area contributed by atoms with Crippen molar-refractivity contribution in [2.45, 2.75) is 25.3 Å². The summed E-state index contributed by atoms with van der Waals surface area (Å²) in [5, 5.41) is 6.42. The van der Waals surface area contributed by atoms with Crippen molar-refractivity contribution in [1.29, 1.82) is 0 Å². The normalized spacial score (nSPS) is 25.6. The van der Waals surface area contributed by atoms with Crippen LogP contribution in [0.4, 0.5) is 0 Å². The second-order valence-electron chi connectivity index (χ2n) is 4.62. The Morgan fingerprint density at radius 3 is 2.94 bits per heavy atom. The van der Waals surface area contributed by atoms with Crippen molar-refractivity contribution in [3.63, 3.8) is 0 Å². The van der Waals surface area contributed by atoms with Crippen LogP contribution < -0.4 is 10.6 Å². The molecule has 0 aromatic heterocycles. The van der Waals surface area contributed by atoms with Gasteiger partial charge in [0.2, 0.25) is 0 Å². The first-order valence-corrected chi connectivity index (χ1v) is 5.94. The highest BCUT2D eigenvalue weighted by molar-refractivity contribution is 5.97. The zero-order valence-electron chi connectivity index (χ0n) is 9.82. The summed E-state index contributed by atoms with van der Waals surface area (Å²) in [5.74, 6) is 0.543. The summed E-state index contributed by atoms with van der Waals surface area (Å²) in [5.41, 5.74) is 3.42. The molecule has 3 rings (SSSR count). The zero-order chi connectivity index (χ0) is 11.1. The van der Waals surface area contributed by atoms with E-state index in [4.69, 9.17) is 0 Å². The number of aryl methyl sites for hydroxylation is 1. The van der Waals surface area contributed by atoms with Crippen LogP contribution in [-0.2, 0) is 6.42 Å². The van der Waals surface area contributed by atoms with E-state index < -0.39 is 0 Å². The maximum atomic E-state index is 11.9. The van der Waals surface area contributed by atoms with E-state index in [0.29, 0.717) is 5.92 Å². The number of rotatable bonds is 1. The Labute approximate surface area is 107 Å². The van der Waals surface area contributed by atoms with Crippen LogP contribution in [0.5, 0.6) is 0 Å². The predicted molar refractivity (Wildman–Crippen MR) is 69.9 cm³/mol. The first-order valence-electron chi connectivity index (χ1n) is 5.94. The van der Waals surface area contributed by atoms with E-state index in [1.807, 2.05) is 6.07 Å². The minimum atomic E-state index is 0. The molecule has 1 aromatic rings. The highest BCUT2D eigenvalue weighted by Crippen LogP contribution is 2.31. The number of nitrogens with one attached hydrogen (secondary N) is 2. The van der Waals surface area contributed by atoms with Crippen LogP contribution in [0.2, 0.25) is 0 Å². The van der Waals surface area contributed by atoms with Crippen molar-refractivity contribution in [2.24, 2.45) is 0 Å². The number of hydrogen-bond acceptors (Lipinski definition) is 2. The third kappa shape index (κ3) is 1.94. The maximum Gasteiger partial charge on any atom is 0.251 e. The summed E-state index contributed by atoms with van der Waals surface area (Å²) in [6.07, 6.45) is 1.03. The van der Waals surface area contributed by atoms with Crippen molar-refractivity contribution in [3.05, 3.63) is 34.9 Å². The third-order valence-electron chi connectivity index (χ3n) is 3.70. The lowest BCUT2D eigenvalue weighted by atomic mass is 9.85. The smallest absolute Gasteiger partial charge is 0.251 e. The molecule has 1 fully saturated rings. The van der Waals surface area contributed by atoms with E-state index >= 15 is 0 Å². The Morgan fingerprint density at radius 2 is 2.18 bits per heavy atom. The van der Waals surface area contributed by atoms with Crippen molar-refractivity contribution < 1.29 is 4.79 Å². The molecule has 92 valence electrons. The molecule has 0 unspecified atom stereocenters. The Morgan fingerprint density at radius 1 is 1.35 bits per heavy atom. The fourth-order valence-electron chi connectivity index (χ4n) is 2.75. The van der Waals surface area contributed by atoms with Gasteiger partial charge in [0.05, 0.1) is 0 Å². The molecule has 0 spiro atoms. The Hall–Kier alpha value is -1.06. The van der Waals surface area contributed by atoms with Gasteiger partial charge in [-0.2, -0.15) is 0 Å². The van der Waals surface area contributed by atoms with E-state index in [0.717, 1.165) is 25.1 Å². The van der Waals surface area contributed by atoms with E-state index in [1.165, 1.54) is 11.1 Å². The van der Waals surface area contributed by atoms with Gasteiger partial charge >= 0.3 is 0 Å². The van der Waals surface area contributed by atoms with Crippen molar-refractivity contribution in [3.8, 4) is 0 Å². The second kappa shape index (κ2) is 4.67. The number of carbonyl (C=O) groups is 1. The minimum absolute atomic E-state index is 0. The average molecular weight is 253 g/mol. The molecule has 2 aliphatic heterocycles. The van der Waals surface area contributed by atoms with Gasteiger partial charge in [0.15, 0.2) is 0 Å². The molecule has 2 N–H and O–H groups in total. The fourth-order valence-corrected chi connectivity index (χ4v) is 2.75. The van der Waals surface area contributed by atoms with Crippen LogP contribution in [0.3, 0.4) is 0 Å². The van der Waals surface area contributed by atoms with Gasteiger partial charge in [-0.3, -0.25) is 4.79 Å². The number of fused-ring (bicyclic) bond motifs is 3. The molecule has 1 aromatic carbocycles. The predicted octanol–water partition coefficient (Wildman–Crippen LogP) is 1.47. The maximum absolute atomic E-state index is 11.9. The molecule has 0 bridgehead atoms. The molecule has 3 nitrogen and oxygen atoms in total. The molecule has 4 heteroatoms. The first kappa shape index (κ1) is 12.4. The molecule has 0 radical (unpaired) electrons. The van der Waals surface area contributed by atoms with Crippen LogP contribution in [0, 0.1) is 0 Å². The number of amides is 1. The Bertz CT molecular complexity index is 447. The molecular formula is C13H17ClN2O. The first-order chi connectivity index (χ1) is 7.79. The van der Waals surface area contributed by atoms with Crippen molar-refractivity contribution in [2.75, 3.05) is 13.1 Å². The van der Waals surface area contributed by atoms with Crippen LogP contribution in [0.25, 0.3) is 0 Å². The molecule has 17 heavy (non-hydrogen) atoms. The number of hydrogen-bond donors (Lipinski definition) is 2. The van der Waals surface area contributed by atoms with Gasteiger partial charge in [-0.25, -0.2) is 0 Å². The van der Waals surface area contributed by atoms with E-state index in [-0.39, 0.29) is 24.4 Å². The van der Waals surface area contributed by atoms with Crippen molar-refractivity contribution >= 4 is 18.3 Å². The Kier molecular flexibility index (Phi) is 3.40. The summed E-state index contributed by atoms with van der Waals surface area (Å²) in [6, 6.07) is 6.52. The summed E-state index contributed by atoms with van der Waals surface area (Å²) < 4.78 is 0. The Balaban J connectivity index is 0.00000108. The molecule has 1 amide bonds. The fraction of sp³-hybridized carbons (Fsp3) is 0.462. The van der Waals surface area contributed by atoms with Gasteiger partial charge in [0, 0.05) is 30.6 Å². The average Bonchev–Trinajstić information content (AvgIpc) is 2.76. The van der Waals surface area contributed by atoms with Gasteiger partial charge in [-0.1, -0.05) is 19.1 Å². The molecule has 2 aliphatic rings. The SMILES string of the molecule is CCc1ccc2c(c1)[C@H]1CNC[C@@H]1NC2=O.Cl. The molecule has 1 saturated heterocycles. The van der Waals surface area contributed by atoms with E-state index in [2.05, 4.69) is 29.7 Å². The van der Waals surface area contributed by atoms with Crippen molar-refractivity contribution in [1.82, 2.24) is 10.6 Å². The largest absolute Gasteiger partial charge is 0.347 e. The topological polar surface area (TPSA) is 41.1 Å². The second-order valence-corrected chi connectivity index (χ2v) is 4.62. The summed E-state index contributed by atoms with van der Waals surface area (Å²) in [4.78, 5) is 11.9. The number of carbonyl (C=O) groups excluding carboxylic acids is 1. The van der Waals surface area contributed by atoms with Gasteiger partial charge in [0.1, 0.15) is 0 Å². The third-order valence-corrected chi connectivity index (χ3v) is 3.70. The molecule has 0 aliphatic carbocycles. The number of benzene rings is 1. The molecular weight excluding hydrogens is 236 g/mol. The lowest BCUT2D eigenvalue weighted by Gasteiger charge is -2.28. The monoisotopic (exact) mass is 252 g/mol. The van der Waals surface area contributed by atoms with E-state index in [1.54, 1.807) is 0 Å². The zero-order valence-corrected chi connectivity index (χ0v) is 10.6. The van der Waals surface area contributed by atoms with Crippen LogP contribution in [-0.4, -0.2) is 25.0 Å². The van der Waals surface area contributed by atoms with E-state index in [9.17, 15) is 4.79 Å². The highest BCUT2D eigenvalue weighted by Gasteiger charge is 2.36. The van der Waals surface area contributed by atoms with Crippen LogP contribution in [0.15, 0.2) is 18.2 Å². The number of halogens is 1. The molecule has 2 atom stereocenters. The summed E-state index contributed by atoms with van der Waals surface area (Å²) >= 11 is 0. The lowest BCUT2D eigenvalue weighted by Crippen LogP contribution is -2.44. The van der Waals surface area contributed by atoms with Crippen LogP contribution in [0.1, 0.15) is 34.3 Å². The van der Waals surface area contributed by atoms with Gasteiger partial charge in [-0.05, 0) is 23.6 Å². The minimum Gasteiger partial charge on any atom is -0.347 e. The summed E-state index contributed by atoms with van der Waals surface area (Å²) in [7, 11) is 0. The standard InChI is InChI=1S/C13H16N2O.ClH/c1-2-8-3-4-9-10(5-8)11-6-14-7-12(11)15-13(9)16;/h3-5,11-12,14H,2,6-7H2,1H3,(H,15,16);1H/t11-,12+;/m1./s1. The van der Waals surface area contributed by atoms with Gasteiger partial charge in [0.25, 0.3) is 5.91 Å². The highest BCUT2D eigenvalue weighted by atomic mass is 35.5.